The fraction of sp³-hybridized carbons (Fsp3) is 0.833. The second kappa shape index (κ2) is 6.59. The average Bonchev–Trinajstić information content (AvgIpc) is 2.53. The van der Waals surface area contributed by atoms with Crippen molar-refractivity contribution < 1.29 is 19.4 Å². The number of amides is 1. The van der Waals surface area contributed by atoms with Crippen LogP contribution in [0.25, 0.3) is 0 Å². The van der Waals surface area contributed by atoms with Gasteiger partial charge in [0.15, 0.2) is 0 Å². The normalized spacial score (nSPS) is 19.4. The lowest BCUT2D eigenvalue weighted by Crippen LogP contribution is -2.54. The average molecular weight is 243 g/mol. The topological polar surface area (TPSA) is 75.6 Å². The van der Waals surface area contributed by atoms with E-state index in [0.717, 1.165) is 25.7 Å². The molecule has 0 aromatic heterocycles. The summed E-state index contributed by atoms with van der Waals surface area (Å²) in [6, 6.07) is 0. The molecule has 2 N–H and O–H groups in total. The van der Waals surface area contributed by atoms with E-state index >= 15 is 0 Å². The van der Waals surface area contributed by atoms with Gasteiger partial charge in [-0.05, 0) is 12.8 Å². The van der Waals surface area contributed by atoms with Gasteiger partial charge in [-0.3, -0.25) is 4.79 Å². The van der Waals surface area contributed by atoms with E-state index in [4.69, 9.17) is 4.74 Å². The number of rotatable bonds is 5. The molecule has 5 heteroatoms. The monoisotopic (exact) mass is 243 g/mol. The number of methoxy groups -OCH3 is 1. The van der Waals surface area contributed by atoms with Crippen LogP contribution in [0.15, 0.2) is 0 Å². The highest BCUT2D eigenvalue weighted by Crippen LogP contribution is 2.27. The van der Waals surface area contributed by atoms with Crippen molar-refractivity contribution in [3.63, 3.8) is 0 Å². The molecule has 1 saturated carbocycles. The van der Waals surface area contributed by atoms with Crippen LogP contribution < -0.4 is 5.32 Å². The molecule has 0 radical (unpaired) electrons. The summed E-state index contributed by atoms with van der Waals surface area (Å²) in [5.74, 6) is -1.15. The van der Waals surface area contributed by atoms with Crippen LogP contribution in [0.4, 0.5) is 0 Å². The molecule has 0 saturated heterocycles. The third kappa shape index (κ3) is 4.00. The number of hydrogen-bond donors (Lipinski definition) is 2. The zero-order chi connectivity index (χ0) is 12.7. The highest BCUT2D eigenvalue weighted by molar-refractivity contribution is 5.87. The first kappa shape index (κ1) is 14.0. The van der Waals surface area contributed by atoms with E-state index in [1.807, 2.05) is 0 Å². The molecule has 1 aliphatic rings. The largest absolute Gasteiger partial charge is 0.480 e. The van der Waals surface area contributed by atoms with Crippen molar-refractivity contribution in [3.8, 4) is 0 Å². The molecule has 17 heavy (non-hydrogen) atoms. The van der Waals surface area contributed by atoms with E-state index in [1.165, 1.54) is 7.11 Å². The number of nitrogens with one attached hydrogen (secondary N) is 1. The third-order valence-electron chi connectivity index (χ3n) is 3.28. The van der Waals surface area contributed by atoms with Crippen LogP contribution >= 0.6 is 0 Å². The summed E-state index contributed by atoms with van der Waals surface area (Å²) >= 11 is 0. The fourth-order valence-corrected chi connectivity index (χ4v) is 2.25. The first-order chi connectivity index (χ1) is 8.10. The van der Waals surface area contributed by atoms with Gasteiger partial charge in [0.05, 0.1) is 6.61 Å². The third-order valence-corrected chi connectivity index (χ3v) is 3.28. The number of carbonyl (C=O) groups excluding carboxylic acids is 1. The molecule has 0 spiro atoms. The molecule has 1 aliphatic carbocycles. The molecule has 0 unspecified atom stereocenters. The van der Waals surface area contributed by atoms with E-state index in [9.17, 15) is 14.7 Å². The van der Waals surface area contributed by atoms with Gasteiger partial charge in [-0.1, -0.05) is 25.7 Å². The summed E-state index contributed by atoms with van der Waals surface area (Å²) in [6.45, 7) is 0.321. The zero-order valence-corrected chi connectivity index (χ0v) is 10.3. The van der Waals surface area contributed by atoms with Crippen molar-refractivity contribution in [2.24, 2.45) is 0 Å². The second-order valence-corrected chi connectivity index (χ2v) is 4.59. The molecule has 1 amide bonds. The maximum absolute atomic E-state index is 11.6. The highest BCUT2D eigenvalue weighted by Gasteiger charge is 2.39. The van der Waals surface area contributed by atoms with Crippen molar-refractivity contribution in [3.05, 3.63) is 0 Å². The standard InChI is InChI=1S/C12H21NO4/c1-17-9-6-10(14)13-12(11(15)16)7-4-2-3-5-8-12/h2-9H2,1H3,(H,13,14)(H,15,16). The Morgan fingerprint density at radius 2 is 1.82 bits per heavy atom. The van der Waals surface area contributed by atoms with Crippen LogP contribution in [0, 0.1) is 0 Å². The van der Waals surface area contributed by atoms with Crippen molar-refractivity contribution in [2.45, 2.75) is 50.5 Å². The quantitative estimate of drug-likeness (QED) is 0.714. The molecule has 1 fully saturated rings. The van der Waals surface area contributed by atoms with Crippen molar-refractivity contribution >= 4 is 11.9 Å². The van der Waals surface area contributed by atoms with Gasteiger partial charge in [0.25, 0.3) is 0 Å². The number of hydrogen-bond acceptors (Lipinski definition) is 3. The van der Waals surface area contributed by atoms with Gasteiger partial charge >= 0.3 is 5.97 Å². The van der Waals surface area contributed by atoms with Gasteiger partial charge in [-0.15, -0.1) is 0 Å². The number of carbonyl (C=O) groups is 2. The highest BCUT2D eigenvalue weighted by atomic mass is 16.5. The van der Waals surface area contributed by atoms with Gasteiger partial charge in [-0.2, -0.15) is 0 Å². The maximum atomic E-state index is 11.6. The Morgan fingerprint density at radius 3 is 2.29 bits per heavy atom. The SMILES string of the molecule is COCCC(=O)NC1(C(=O)O)CCCCCC1. The Kier molecular flexibility index (Phi) is 5.41. The van der Waals surface area contributed by atoms with Crippen LogP contribution in [0.3, 0.4) is 0 Å². The minimum absolute atomic E-state index is 0.214. The predicted octanol–water partition coefficient (Wildman–Crippen LogP) is 1.32. The number of carboxylic acids is 1. The predicted molar refractivity (Wildman–Crippen MR) is 62.7 cm³/mol. The summed E-state index contributed by atoms with van der Waals surface area (Å²) in [5.41, 5.74) is -1.05. The molecule has 1 rings (SSSR count). The summed E-state index contributed by atoms with van der Waals surface area (Å²) in [4.78, 5) is 23.0. The zero-order valence-electron chi connectivity index (χ0n) is 10.3. The molecule has 98 valence electrons. The Labute approximate surface area is 102 Å². The van der Waals surface area contributed by atoms with Gasteiger partial charge in [0.2, 0.25) is 5.91 Å². The molecule has 0 aromatic rings. The van der Waals surface area contributed by atoms with E-state index in [-0.39, 0.29) is 12.3 Å². The lowest BCUT2D eigenvalue weighted by molar-refractivity contribution is -0.148. The molecule has 0 atom stereocenters. The Morgan fingerprint density at radius 1 is 1.24 bits per heavy atom. The Hall–Kier alpha value is -1.10. The molecule has 0 aromatic carbocycles. The minimum Gasteiger partial charge on any atom is -0.480 e. The molecule has 0 bridgehead atoms. The van der Waals surface area contributed by atoms with E-state index in [1.54, 1.807) is 0 Å². The summed E-state index contributed by atoms with van der Waals surface area (Å²) in [5, 5.41) is 12.0. The van der Waals surface area contributed by atoms with Crippen LogP contribution in [-0.4, -0.2) is 36.2 Å². The molecular formula is C12H21NO4. The minimum atomic E-state index is -1.05. The maximum Gasteiger partial charge on any atom is 0.329 e. The Balaban J connectivity index is 2.63. The number of carboxylic acid groups (broad SMARTS) is 1. The van der Waals surface area contributed by atoms with Crippen LogP contribution in [-0.2, 0) is 14.3 Å². The van der Waals surface area contributed by atoms with Gasteiger partial charge in [-0.25, -0.2) is 4.79 Å². The lowest BCUT2D eigenvalue weighted by atomic mass is 9.90. The summed E-state index contributed by atoms with van der Waals surface area (Å²) in [7, 11) is 1.52. The Bertz CT molecular complexity index is 270. The van der Waals surface area contributed by atoms with Crippen LogP contribution in [0.2, 0.25) is 0 Å². The summed E-state index contributed by atoms with van der Waals surface area (Å²) < 4.78 is 4.81. The first-order valence-corrected chi connectivity index (χ1v) is 6.14. The van der Waals surface area contributed by atoms with Crippen LogP contribution in [0.5, 0.6) is 0 Å². The van der Waals surface area contributed by atoms with Gasteiger partial charge < -0.3 is 15.2 Å². The van der Waals surface area contributed by atoms with E-state index in [0.29, 0.717) is 19.4 Å². The molecule has 0 heterocycles. The first-order valence-electron chi connectivity index (χ1n) is 6.14. The second-order valence-electron chi connectivity index (χ2n) is 4.59. The van der Waals surface area contributed by atoms with Crippen molar-refractivity contribution in [1.82, 2.24) is 5.32 Å². The fourth-order valence-electron chi connectivity index (χ4n) is 2.25. The molecule has 0 aliphatic heterocycles. The van der Waals surface area contributed by atoms with E-state index in [2.05, 4.69) is 5.32 Å². The lowest BCUT2D eigenvalue weighted by Gasteiger charge is -2.29. The molecule has 5 nitrogen and oxygen atoms in total. The smallest absolute Gasteiger partial charge is 0.329 e. The van der Waals surface area contributed by atoms with Crippen LogP contribution in [0.1, 0.15) is 44.9 Å². The van der Waals surface area contributed by atoms with Gasteiger partial charge in [0.1, 0.15) is 5.54 Å². The number of ether oxygens (including phenoxy) is 1. The summed E-state index contributed by atoms with van der Waals surface area (Å²) in [6.07, 6.45) is 5.08. The van der Waals surface area contributed by atoms with E-state index < -0.39 is 11.5 Å². The van der Waals surface area contributed by atoms with Crippen molar-refractivity contribution in [2.75, 3.05) is 13.7 Å². The molecular weight excluding hydrogens is 222 g/mol. The van der Waals surface area contributed by atoms with Crippen molar-refractivity contribution in [1.29, 1.82) is 0 Å². The number of aliphatic carboxylic acids is 1. The van der Waals surface area contributed by atoms with Gasteiger partial charge in [0, 0.05) is 13.5 Å².